The smallest absolute Gasteiger partial charge is 0.335 e. The minimum Gasteiger partial charge on any atom is -0.387 e. The first-order valence-electron chi connectivity index (χ1n) is 4.88. The number of halogens is 1. The minimum absolute atomic E-state index is 0.343. The Bertz CT molecular complexity index is 491. The third kappa shape index (κ3) is 3.40. The largest absolute Gasteiger partial charge is 0.387 e. The maximum absolute atomic E-state index is 10.9. The molecule has 0 bridgehead atoms. The van der Waals surface area contributed by atoms with Crippen LogP contribution in [-0.2, 0) is 10.3 Å². The summed E-state index contributed by atoms with van der Waals surface area (Å²) in [6, 6.07) is 5.76. The molecule has 0 unspecified atom stereocenters. The van der Waals surface area contributed by atoms with Gasteiger partial charge in [-0.15, -0.1) is 0 Å². The second-order valence-corrected chi connectivity index (χ2v) is 5.58. The number of aliphatic hydroxyl groups excluding tert-OH is 1. The molecule has 1 rings (SSSR count). The molecule has 0 spiro atoms. The third-order valence-corrected chi connectivity index (χ3v) is 4.02. The number of benzene rings is 1. The van der Waals surface area contributed by atoms with Gasteiger partial charge in [0, 0.05) is 17.6 Å². The summed E-state index contributed by atoms with van der Waals surface area (Å²) in [4.78, 5) is 0. The first-order chi connectivity index (χ1) is 7.75. The van der Waals surface area contributed by atoms with Crippen molar-refractivity contribution in [1.82, 2.24) is 4.31 Å². The molecular weight excluding hydrogens is 266 g/mol. The molecule has 0 saturated carbocycles. The van der Waals surface area contributed by atoms with Gasteiger partial charge in [0.2, 0.25) is 0 Å². The van der Waals surface area contributed by atoms with E-state index < -0.39 is 22.4 Å². The summed E-state index contributed by atoms with van der Waals surface area (Å²) in [5.41, 5.74) is 0.414. The Morgan fingerprint density at radius 2 is 1.88 bits per heavy atom. The van der Waals surface area contributed by atoms with E-state index in [9.17, 15) is 13.5 Å². The van der Waals surface area contributed by atoms with Crippen LogP contribution in [0.3, 0.4) is 0 Å². The molecule has 0 aliphatic heterocycles. The van der Waals surface area contributed by atoms with Gasteiger partial charge < -0.3 is 5.11 Å². The highest BCUT2D eigenvalue weighted by Crippen LogP contribution is 2.27. The Morgan fingerprint density at radius 3 is 2.35 bits per heavy atom. The molecule has 1 aromatic carbocycles. The topological polar surface area (TPSA) is 77.8 Å². The molecule has 2 atom stereocenters. The lowest BCUT2D eigenvalue weighted by Crippen LogP contribution is -2.38. The van der Waals surface area contributed by atoms with E-state index >= 15 is 0 Å². The molecule has 0 fully saturated rings. The van der Waals surface area contributed by atoms with Crippen LogP contribution in [0.1, 0.15) is 18.6 Å². The third-order valence-electron chi connectivity index (χ3n) is 2.62. The van der Waals surface area contributed by atoms with E-state index in [1.54, 1.807) is 24.3 Å². The van der Waals surface area contributed by atoms with Crippen LogP contribution in [0.5, 0.6) is 0 Å². The van der Waals surface area contributed by atoms with Gasteiger partial charge in [-0.25, -0.2) is 0 Å². The quantitative estimate of drug-likeness (QED) is 0.819. The van der Waals surface area contributed by atoms with Gasteiger partial charge in [-0.1, -0.05) is 29.8 Å². The molecule has 5 nitrogen and oxygen atoms in total. The minimum atomic E-state index is -4.34. The van der Waals surface area contributed by atoms with Crippen molar-refractivity contribution in [3.8, 4) is 0 Å². The van der Waals surface area contributed by atoms with E-state index in [-0.39, 0.29) is 0 Å². The Balaban J connectivity index is 2.99. The van der Waals surface area contributed by atoms with E-state index in [1.807, 2.05) is 0 Å². The number of rotatable bonds is 4. The molecule has 17 heavy (non-hydrogen) atoms. The first kappa shape index (κ1) is 14.4. The zero-order chi connectivity index (χ0) is 13.2. The van der Waals surface area contributed by atoms with E-state index in [1.165, 1.54) is 14.0 Å². The fourth-order valence-corrected chi connectivity index (χ4v) is 2.17. The van der Waals surface area contributed by atoms with Gasteiger partial charge in [0.15, 0.2) is 0 Å². The van der Waals surface area contributed by atoms with Gasteiger partial charge in [-0.2, -0.15) is 12.7 Å². The molecule has 0 aliphatic rings. The number of nitrogens with zero attached hydrogens (tertiary/aromatic N) is 1. The van der Waals surface area contributed by atoms with Crippen LogP contribution in [-0.4, -0.2) is 35.5 Å². The van der Waals surface area contributed by atoms with Crippen molar-refractivity contribution in [3.63, 3.8) is 0 Å². The molecule has 7 heteroatoms. The van der Waals surface area contributed by atoms with Crippen LogP contribution in [0, 0.1) is 0 Å². The van der Waals surface area contributed by atoms with Crippen LogP contribution in [0.25, 0.3) is 0 Å². The van der Waals surface area contributed by atoms with Crippen molar-refractivity contribution in [2.75, 3.05) is 7.05 Å². The molecule has 1 aromatic rings. The molecule has 96 valence electrons. The number of aliphatic hydroxyl groups is 1. The van der Waals surface area contributed by atoms with Crippen molar-refractivity contribution in [2.45, 2.75) is 19.1 Å². The van der Waals surface area contributed by atoms with Crippen LogP contribution >= 0.6 is 11.6 Å². The SMILES string of the molecule is C[C@H]([C@H](O)c1ccccc1Cl)N(C)S(=O)(=O)O. The fourth-order valence-electron chi connectivity index (χ4n) is 1.38. The number of hydrogen-bond donors (Lipinski definition) is 2. The lowest BCUT2D eigenvalue weighted by molar-refractivity contribution is 0.104. The zero-order valence-electron chi connectivity index (χ0n) is 9.41. The van der Waals surface area contributed by atoms with Crippen molar-refractivity contribution in [1.29, 1.82) is 0 Å². The van der Waals surface area contributed by atoms with E-state index in [2.05, 4.69) is 0 Å². The standard InChI is InChI=1S/C10H14ClNO4S/c1-7(12(2)17(14,15)16)10(13)8-5-3-4-6-9(8)11/h3-7,10,13H,1-2H3,(H,14,15,16)/t7-,10+/m1/s1. The average Bonchev–Trinajstić information content (AvgIpc) is 2.25. The van der Waals surface area contributed by atoms with E-state index in [4.69, 9.17) is 16.2 Å². The van der Waals surface area contributed by atoms with Gasteiger partial charge in [0.25, 0.3) is 0 Å². The molecule has 0 heterocycles. The van der Waals surface area contributed by atoms with Crippen LogP contribution in [0.4, 0.5) is 0 Å². The Labute approximate surface area is 106 Å². The summed E-state index contributed by atoms with van der Waals surface area (Å²) in [6.45, 7) is 1.47. The average molecular weight is 280 g/mol. The van der Waals surface area contributed by atoms with Gasteiger partial charge in [-0.05, 0) is 13.0 Å². The summed E-state index contributed by atoms with van der Waals surface area (Å²) >= 11 is 5.89. The Kier molecular flexibility index (Phi) is 4.51. The van der Waals surface area contributed by atoms with Crippen LogP contribution in [0.15, 0.2) is 24.3 Å². The summed E-state index contributed by atoms with van der Waals surface area (Å²) in [5, 5.41) is 10.3. The zero-order valence-corrected chi connectivity index (χ0v) is 11.0. The van der Waals surface area contributed by atoms with Gasteiger partial charge in [-0.3, -0.25) is 4.55 Å². The lowest BCUT2D eigenvalue weighted by Gasteiger charge is -2.26. The maximum atomic E-state index is 10.9. The van der Waals surface area contributed by atoms with Crippen molar-refractivity contribution in [2.24, 2.45) is 0 Å². The second kappa shape index (κ2) is 5.32. The highest BCUT2D eigenvalue weighted by Gasteiger charge is 2.28. The summed E-state index contributed by atoms with van der Waals surface area (Å²) < 4.78 is 31.4. The monoisotopic (exact) mass is 279 g/mol. The number of likely N-dealkylation sites (N-methyl/N-ethyl adjacent to an activating group) is 1. The number of hydrogen-bond acceptors (Lipinski definition) is 3. The van der Waals surface area contributed by atoms with Gasteiger partial charge in [0.05, 0.1) is 12.1 Å². The Morgan fingerprint density at radius 1 is 1.35 bits per heavy atom. The van der Waals surface area contributed by atoms with Crippen molar-refractivity contribution in [3.05, 3.63) is 34.9 Å². The van der Waals surface area contributed by atoms with E-state index in [0.717, 1.165) is 0 Å². The fraction of sp³-hybridized carbons (Fsp3) is 0.400. The molecule has 0 saturated heterocycles. The molecule has 0 radical (unpaired) electrons. The molecule has 0 aromatic heterocycles. The summed E-state index contributed by atoms with van der Waals surface area (Å²) in [5.74, 6) is 0. The van der Waals surface area contributed by atoms with Gasteiger partial charge in [0.1, 0.15) is 0 Å². The highest BCUT2D eigenvalue weighted by molar-refractivity contribution is 7.83. The molecular formula is C10H14ClNO4S. The van der Waals surface area contributed by atoms with Crippen LogP contribution in [0.2, 0.25) is 5.02 Å². The van der Waals surface area contributed by atoms with Crippen LogP contribution < -0.4 is 0 Å². The van der Waals surface area contributed by atoms with Crippen molar-refractivity contribution >= 4 is 21.9 Å². The predicted molar refractivity (Wildman–Crippen MR) is 65.2 cm³/mol. The van der Waals surface area contributed by atoms with Gasteiger partial charge >= 0.3 is 10.3 Å². The lowest BCUT2D eigenvalue weighted by atomic mass is 10.0. The molecule has 0 aliphatic carbocycles. The molecule has 0 amide bonds. The normalized spacial score (nSPS) is 15.9. The Hall–Kier alpha value is -0.660. The summed E-state index contributed by atoms with van der Waals surface area (Å²) in [6.07, 6.45) is -1.12. The molecule has 2 N–H and O–H groups in total. The van der Waals surface area contributed by atoms with E-state index in [0.29, 0.717) is 14.9 Å². The highest BCUT2D eigenvalue weighted by atomic mass is 35.5. The van der Waals surface area contributed by atoms with Crippen molar-refractivity contribution < 1.29 is 18.1 Å². The summed E-state index contributed by atoms with van der Waals surface area (Å²) in [7, 11) is -3.16. The predicted octanol–water partition coefficient (Wildman–Crippen LogP) is 1.50. The first-order valence-corrected chi connectivity index (χ1v) is 6.65. The second-order valence-electron chi connectivity index (χ2n) is 3.70. The maximum Gasteiger partial charge on any atom is 0.335 e.